The Morgan fingerprint density at radius 2 is 2.09 bits per heavy atom. The Kier molecular flexibility index (Phi) is 6.65. The molecular formula is C24H30N8O. The van der Waals surface area contributed by atoms with Crippen LogP contribution in [0, 0.1) is 29.6 Å². The molecule has 33 heavy (non-hydrogen) atoms. The highest BCUT2D eigenvalue weighted by Crippen LogP contribution is 2.40. The highest BCUT2D eigenvalue weighted by atomic mass is 16.3. The lowest BCUT2D eigenvalue weighted by Crippen LogP contribution is -2.37. The summed E-state index contributed by atoms with van der Waals surface area (Å²) in [6, 6.07) is 10.2. The van der Waals surface area contributed by atoms with Gasteiger partial charge < -0.3 is 10.4 Å². The number of aryl methyl sites for hydroxylation is 1. The van der Waals surface area contributed by atoms with Gasteiger partial charge >= 0.3 is 0 Å². The SMILES string of the molecule is Cc1nnnn1-c1ccccc1CCNc1ncc(C#N)c(C[C@@H]2CC[C@H](O)C(C)(C)C2)n1. The van der Waals surface area contributed by atoms with E-state index in [0.29, 0.717) is 24.0 Å². The largest absolute Gasteiger partial charge is 0.393 e. The number of hydrogen-bond donors (Lipinski definition) is 2. The zero-order chi connectivity index (χ0) is 23.4. The summed E-state index contributed by atoms with van der Waals surface area (Å²) in [5, 5.41) is 34.9. The van der Waals surface area contributed by atoms with Gasteiger partial charge in [-0.05, 0) is 72.4 Å². The van der Waals surface area contributed by atoms with Crippen molar-refractivity contribution in [3.05, 3.63) is 53.1 Å². The van der Waals surface area contributed by atoms with E-state index in [2.05, 4.69) is 56.8 Å². The van der Waals surface area contributed by atoms with E-state index in [-0.39, 0.29) is 11.5 Å². The number of para-hydroxylation sites is 1. The van der Waals surface area contributed by atoms with Gasteiger partial charge in [0.05, 0.1) is 29.2 Å². The van der Waals surface area contributed by atoms with Crippen molar-refractivity contribution in [3.8, 4) is 11.8 Å². The first-order valence-corrected chi connectivity index (χ1v) is 11.4. The van der Waals surface area contributed by atoms with Crippen molar-refractivity contribution in [3.63, 3.8) is 0 Å². The third-order valence-electron chi connectivity index (χ3n) is 6.56. The van der Waals surface area contributed by atoms with E-state index in [0.717, 1.165) is 54.9 Å². The van der Waals surface area contributed by atoms with Gasteiger partial charge in [0.1, 0.15) is 6.07 Å². The summed E-state index contributed by atoms with van der Waals surface area (Å²) >= 11 is 0. The summed E-state index contributed by atoms with van der Waals surface area (Å²) in [5.74, 6) is 1.65. The number of aliphatic hydroxyl groups excluding tert-OH is 1. The number of nitrogens with one attached hydrogen (secondary N) is 1. The van der Waals surface area contributed by atoms with E-state index in [4.69, 9.17) is 0 Å². The second-order valence-electron chi connectivity index (χ2n) is 9.47. The molecule has 0 aliphatic heterocycles. The molecule has 1 aliphatic carbocycles. The van der Waals surface area contributed by atoms with E-state index in [9.17, 15) is 10.4 Å². The van der Waals surface area contributed by atoms with Gasteiger partial charge in [0.2, 0.25) is 5.95 Å². The van der Waals surface area contributed by atoms with Crippen LogP contribution in [0.5, 0.6) is 0 Å². The van der Waals surface area contributed by atoms with Crippen LogP contribution >= 0.6 is 0 Å². The maximum absolute atomic E-state index is 10.3. The molecule has 0 amide bonds. The van der Waals surface area contributed by atoms with Gasteiger partial charge in [0, 0.05) is 6.54 Å². The van der Waals surface area contributed by atoms with Gasteiger partial charge in [-0.2, -0.15) is 9.94 Å². The van der Waals surface area contributed by atoms with E-state index in [1.807, 2.05) is 25.1 Å². The van der Waals surface area contributed by atoms with Crippen LogP contribution in [0.1, 0.15) is 55.8 Å². The summed E-state index contributed by atoms with van der Waals surface area (Å²) in [6.07, 6.45) is 5.43. The molecule has 0 bridgehead atoms. The molecule has 3 aromatic rings. The molecule has 1 aromatic carbocycles. The van der Waals surface area contributed by atoms with Gasteiger partial charge in [-0.3, -0.25) is 0 Å². The van der Waals surface area contributed by atoms with Crippen molar-refractivity contribution >= 4 is 5.95 Å². The highest BCUT2D eigenvalue weighted by molar-refractivity contribution is 5.42. The van der Waals surface area contributed by atoms with Crippen molar-refractivity contribution in [1.29, 1.82) is 5.26 Å². The number of aromatic nitrogens is 6. The molecule has 9 nitrogen and oxygen atoms in total. The predicted octanol–water partition coefficient (Wildman–Crippen LogP) is 3.02. The molecule has 2 aromatic heterocycles. The molecule has 1 fully saturated rings. The summed E-state index contributed by atoms with van der Waals surface area (Å²) in [5.41, 5.74) is 3.23. The minimum Gasteiger partial charge on any atom is -0.393 e. The number of anilines is 1. The Bertz CT molecular complexity index is 1150. The van der Waals surface area contributed by atoms with Crippen molar-refractivity contribution in [2.24, 2.45) is 11.3 Å². The molecule has 0 spiro atoms. The molecule has 172 valence electrons. The van der Waals surface area contributed by atoms with Gasteiger partial charge in [-0.1, -0.05) is 32.0 Å². The monoisotopic (exact) mass is 446 g/mol. The van der Waals surface area contributed by atoms with E-state index in [1.54, 1.807) is 10.9 Å². The smallest absolute Gasteiger partial charge is 0.222 e. The van der Waals surface area contributed by atoms with Crippen LogP contribution in [-0.2, 0) is 12.8 Å². The molecular weight excluding hydrogens is 416 g/mol. The summed E-state index contributed by atoms with van der Waals surface area (Å²) in [6.45, 7) is 6.72. The lowest BCUT2D eigenvalue weighted by Gasteiger charge is -2.39. The lowest BCUT2D eigenvalue weighted by molar-refractivity contribution is -0.00748. The number of nitrogens with zero attached hydrogens (tertiary/aromatic N) is 7. The zero-order valence-corrected chi connectivity index (χ0v) is 19.4. The maximum atomic E-state index is 10.3. The minimum absolute atomic E-state index is 0.116. The molecule has 1 saturated carbocycles. The standard InChI is InChI=1S/C24H30N8O/c1-16-29-30-31-32(16)21-7-5-4-6-18(21)10-11-26-23-27-15-19(14-25)20(28-23)12-17-8-9-22(33)24(2,3)13-17/h4-7,15,17,22,33H,8-13H2,1-3H3,(H,26,27,28)/t17-,22-/m0/s1. The average molecular weight is 447 g/mol. The highest BCUT2D eigenvalue weighted by Gasteiger charge is 2.35. The number of hydrogen-bond acceptors (Lipinski definition) is 8. The zero-order valence-electron chi connectivity index (χ0n) is 19.4. The summed E-state index contributed by atoms with van der Waals surface area (Å²) in [7, 11) is 0. The van der Waals surface area contributed by atoms with Crippen molar-refractivity contribution in [2.75, 3.05) is 11.9 Å². The quantitative estimate of drug-likeness (QED) is 0.567. The Labute approximate surface area is 193 Å². The number of rotatable bonds is 7. The number of benzene rings is 1. The maximum Gasteiger partial charge on any atom is 0.222 e. The third kappa shape index (κ3) is 5.17. The third-order valence-corrected chi connectivity index (χ3v) is 6.56. The first-order valence-electron chi connectivity index (χ1n) is 11.4. The molecule has 0 saturated heterocycles. The van der Waals surface area contributed by atoms with E-state index >= 15 is 0 Å². The van der Waals surface area contributed by atoms with Crippen LogP contribution in [-0.4, -0.2) is 47.9 Å². The van der Waals surface area contributed by atoms with Gasteiger partial charge in [-0.25, -0.2) is 9.97 Å². The van der Waals surface area contributed by atoms with Crippen LogP contribution in [0.4, 0.5) is 5.95 Å². The van der Waals surface area contributed by atoms with Crippen LogP contribution in [0.3, 0.4) is 0 Å². The number of tetrazole rings is 1. The van der Waals surface area contributed by atoms with Crippen molar-refractivity contribution in [1.82, 2.24) is 30.2 Å². The van der Waals surface area contributed by atoms with Gasteiger partial charge in [0.25, 0.3) is 0 Å². The predicted molar refractivity (Wildman–Crippen MR) is 124 cm³/mol. The fraction of sp³-hybridized carbons (Fsp3) is 0.500. The van der Waals surface area contributed by atoms with Crippen LogP contribution in [0.2, 0.25) is 0 Å². The fourth-order valence-electron chi connectivity index (χ4n) is 4.66. The normalized spacial score (nSPS) is 19.7. The van der Waals surface area contributed by atoms with Crippen LogP contribution in [0.15, 0.2) is 30.5 Å². The number of aliphatic hydroxyl groups is 1. The molecule has 4 rings (SSSR count). The molecule has 9 heteroatoms. The lowest BCUT2D eigenvalue weighted by atomic mass is 9.69. The van der Waals surface area contributed by atoms with E-state index < -0.39 is 0 Å². The second-order valence-corrected chi connectivity index (χ2v) is 9.47. The Hall–Kier alpha value is -3.38. The first-order chi connectivity index (χ1) is 15.9. The molecule has 0 unspecified atom stereocenters. The average Bonchev–Trinajstić information content (AvgIpc) is 3.22. The Balaban J connectivity index is 1.43. The first kappa shape index (κ1) is 22.8. The minimum atomic E-state index is -0.271. The summed E-state index contributed by atoms with van der Waals surface area (Å²) < 4.78 is 1.73. The molecule has 1 aliphatic rings. The van der Waals surface area contributed by atoms with Crippen molar-refractivity contribution in [2.45, 2.75) is 59.0 Å². The van der Waals surface area contributed by atoms with E-state index in [1.165, 1.54) is 0 Å². The molecule has 2 N–H and O–H groups in total. The Morgan fingerprint density at radius 1 is 1.27 bits per heavy atom. The number of nitriles is 1. The van der Waals surface area contributed by atoms with Crippen molar-refractivity contribution < 1.29 is 5.11 Å². The van der Waals surface area contributed by atoms with Gasteiger partial charge in [0.15, 0.2) is 5.82 Å². The topological polar surface area (TPSA) is 125 Å². The fourth-order valence-corrected chi connectivity index (χ4v) is 4.66. The van der Waals surface area contributed by atoms with Crippen LogP contribution in [0.25, 0.3) is 5.69 Å². The van der Waals surface area contributed by atoms with Crippen LogP contribution < -0.4 is 5.32 Å². The molecule has 2 heterocycles. The van der Waals surface area contributed by atoms with Gasteiger partial charge in [-0.15, -0.1) is 5.10 Å². The summed E-state index contributed by atoms with van der Waals surface area (Å²) in [4.78, 5) is 9.02. The Morgan fingerprint density at radius 3 is 2.82 bits per heavy atom. The molecule has 2 atom stereocenters. The molecule has 0 radical (unpaired) electrons. The second kappa shape index (κ2) is 9.63.